The molecule has 0 bridgehead atoms. The molecule has 1 aromatic rings. The predicted octanol–water partition coefficient (Wildman–Crippen LogP) is 3.15. The maximum absolute atomic E-state index is 11.1. The van der Waals surface area contributed by atoms with Crippen LogP contribution in [0.25, 0.3) is 0 Å². The summed E-state index contributed by atoms with van der Waals surface area (Å²) >= 11 is 3.38. The third-order valence-electron chi connectivity index (χ3n) is 2.88. The summed E-state index contributed by atoms with van der Waals surface area (Å²) in [6.07, 6.45) is -0.982. The van der Waals surface area contributed by atoms with Gasteiger partial charge in [-0.2, -0.15) is 0 Å². The van der Waals surface area contributed by atoms with Crippen molar-refractivity contribution >= 4 is 21.9 Å². The smallest absolute Gasteiger partial charge is 0.309 e. The third-order valence-corrected chi connectivity index (χ3v) is 3.74. The monoisotopic (exact) mass is 300 g/mol. The van der Waals surface area contributed by atoms with Gasteiger partial charge in [-0.15, -0.1) is 0 Å². The molecular formula is C13H17BrO3. The van der Waals surface area contributed by atoms with Gasteiger partial charge in [0.2, 0.25) is 0 Å². The number of carboxylic acids is 1. The molecule has 0 aliphatic rings. The SMILES string of the molecule is Cc1ccc(C(O)C(C(=O)O)C(C)C)cc1Br. The lowest BCUT2D eigenvalue weighted by Gasteiger charge is -2.23. The number of halogens is 1. The Balaban J connectivity index is 3.05. The van der Waals surface area contributed by atoms with Gasteiger partial charge in [-0.3, -0.25) is 4.79 Å². The molecule has 0 aromatic heterocycles. The second-order valence-corrected chi connectivity index (χ2v) is 5.42. The molecule has 4 heteroatoms. The van der Waals surface area contributed by atoms with Crippen molar-refractivity contribution in [3.8, 4) is 0 Å². The molecule has 0 saturated heterocycles. The number of benzene rings is 1. The summed E-state index contributed by atoms with van der Waals surface area (Å²) in [6, 6.07) is 5.41. The minimum absolute atomic E-state index is 0.123. The molecule has 0 saturated carbocycles. The maximum atomic E-state index is 11.1. The number of hydrogen-bond donors (Lipinski definition) is 2. The molecule has 2 N–H and O–H groups in total. The zero-order chi connectivity index (χ0) is 13.2. The van der Waals surface area contributed by atoms with Crippen LogP contribution in [0.4, 0.5) is 0 Å². The van der Waals surface area contributed by atoms with E-state index < -0.39 is 18.0 Å². The fraction of sp³-hybridized carbons (Fsp3) is 0.462. The van der Waals surface area contributed by atoms with Crippen molar-refractivity contribution in [1.82, 2.24) is 0 Å². The molecule has 0 fully saturated rings. The number of aryl methyl sites for hydroxylation is 1. The number of aliphatic carboxylic acids is 1. The number of aliphatic hydroxyl groups is 1. The zero-order valence-corrected chi connectivity index (χ0v) is 11.7. The van der Waals surface area contributed by atoms with Crippen molar-refractivity contribution in [2.24, 2.45) is 11.8 Å². The molecule has 1 rings (SSSR count). The molecule has 0 amide bonds. The summed E-state index contributed by atoms with van der Waals surface area (Å²) in [4.78, 5) is 11.1. The number of rotatable bonds is 4. The van der Waals surface area contributed by atoms with Gasteiger partial charge in [0.05, 0.1) is 12.0 Å². The van der Waals surface area contributed by atoms with Crippen LogP contribution < -0.4 is 0 Å². The van der Waals surface area contributed by atoms with Crippen molar-refractivity contribution < 1.29 is 15.0 Å². The van der Waals surface area contributed by atoms with Crippen molar-refractivity contribution in [1.29, 1.82) is 0 Å². The van der Waals surface area contributed by atoms with E-state index in [2.05, 4.69) is 15.9 Å². The van der Waals surface area contributed by atoms with E-state index >= 15 is 0 Å². The topological polar surface area (TPSA) is 57.5 Å². The maximum Gasteiger partial charge on any atom is 0.309 e. The van der Waals surface area contributed by atoms with E-state index in [1.54, 1.807) is 26.0 Å². The highest BCUT2D eigenvalue weighted by Gasteiger charge is 2.30. The van der Waals surface area contributed by atoms with E-state index in [9.17, 15) is 9.90 Å². The van der Waals surface area contributed by atoms with Gasteiger partial charge in [0, 0.05) is 4.47 Å². The van der Waals surface area contributed by atoms with Crippen molar-refractivity contribution in [3.63, 3.8) is 0 Å². The summed E-state index contributed by atoms with van der Waals surface area (Å²) < 4.78 is 0.877. The highest BCUT2D eigenvalue weighted by Crippen LogP contribution is 2.30. The largest absolute Gasteiger partial charge is 0.481 e. The van der Waals surface area contributed by atoms with Crippen molar-refractivity contribution in [3.05, 3.63) is 33.8 Å². The Labute approximate surface area is 110 Å². The normalized spacial score (nSPS) is 14.7. The predicted molar refractivity (Wildman–Crippen MR) is 69.8 cm³/mol. The van der Waals surface area contributed by atoms with E-state index in [0.29, 0.717) is 5.56 Å². The summed E-state index contributed by atoms with van der Waals surface area (Å²) in [5.74, 6) is -1.88. The van der Waals surface area contributed by atoms with Crippen LogP contribution >= 0.6 is 15.9 Å². The first-order chi connectivity index (χ1) is 7.84. The van der Waals surface area contributed by atoms with Gasteiger partial charge in [0.25, 0.3) is 0 Å². The summed E-state index contributed by atoms with van der Waals surface area (Å²) in [5, 5.41) is 19.3. The lowest BCUT2D eigenvalue weighted by atomic mass is 9.86. The second kappa shape index (κ2) is 5.65. The molecular weight excluding hydrogens is 284 g/mol. The highest BCUT2D eigenvalue weighted by molar-refractivity contribution is 9.10. The minimum atomic E-state index is -0.982. The number of carbonyl (C=O) groups is 1. The molecule has 17 heavy (non-hydrogen) atoms. The van der Waals surface area contributed by atoms with Gasteiger partial charge in [-0.25, -0.2) is 0 Å². The van der Waals surface area contributed by atoms with E-state index in [1.165, 1.54) is 0 Å². The van der Waals surface area contributed by atoms with Crippen LogP contribution in [-0.4, -0.2) is 16.2 Å². The highest BCUT2D eigenvalue weighted by atomic mass is 79.9. The summed E-state index contributed by atoms with van der Waals surface area (Å²) in [5.41, 5.74) is 1.68. The van der Waals surface area contributed by atoms with Crippen molar-refractivity contribution in [2.45, 2.75) is 26.9 Å². The molecule has 2 unspecified atom stereocenters. The number of aliphatic hydroxyl groups excluding tert-OH is 1. The molecule has 2 atom stereocenters. The number of hydrogen-bond acceptors (Lipinski definition) is 2. The van der Waals surface area contributed by atoms with Gasteiger partial charge in [0.15, 0.2) is 0 Å². The van der Waals surface area contributed by atoms with Gasteiger partial charge >= 0.3 is 5.97 Å². The average Bonchev–Trinajstić information content (AvgIpc) is 2.20. The van der Waals surface area contributed by atoms with Gasteiger partial charge in [-0.1, -0.05) is 41.9 Å². The first-order valence-corrected chi connectivity index (χ1v) is 6.30. The lowest BCUT2D eigenvalue weighted by Crippen LogP contribution is -2.26. The van der Waals surface area contributed by atoms with Crippen LogP contribution in [0, 0.1) is 18.8 Å². The van der Waals surface area contributed by atoms with Crippen LogP contribution in [0.15, 0.2) is 22.7 Å². The Bertz CT molecular complexity index is 415. The molecule has 0 aliphatic heterocycles. The summed E-state index contributed by atoms with van der Waals surface area (Å²) in [7, 11) is 0. The standard InChI is InChI=1S/C13H17BrO3/c1-7(2)11(13(16)17)12(15)9-5-4-8(3)10(14)6-9/h4-7,11-12,15H,1-3H3,(H,16,17). The first kappa shape index (κ1) is 14.2. The van der Waals surface area contributed by atoms with Gasteiger partial charge in [0.1, 0.15) is 0 Å². The van der Waals surface area contributed by atoms with Crippen LogP contribution in [0.5, 0.6) is 0 Å². The fourth-order valence-corrected chi connectivity index (χ4v) is 2.18. The Kier molecular flexibility index (Phi) is 4.71. The molecule has 94 valence electrons. The quantitative estimate of drug-likeness (QED) is 0.898. The molecule has 3 nitrogen and oxygen atoms in total. The first-order valence-electron chi connectivity index (χ1n) is 5.51. The van der Waals surface area contributed by atoms with E-state index in [-0.39, 0.29) is 5.92 Å². The Morgan fingerprint density at radius 2 is 1.94 bits per heavy atom. The lowest BCUT2D eigenvalue weighted by molar-refractivity contribution is -0.148. The van der Waals surface area contributed by atoms with E-state index in [1.807, 2.05) is 13.0 Å². The van der Waals surface area contributed by atoms with Gasteiger partial charge < -0.3 is 10.2 Å². The molecule has 0 aliphatic carbocycles. The van der Waals surface area contributed by atoms with E-state index in [0.717, 1.165) is 10.0 Å². The Morgan fingerprint density at radius 1 is 1.35 bits per heavy atom. The zero-order valence-electron chi connectivity index (χ0n) is 10.1. The molecule has 0 radical (unpaired) electrons. The Hall–Kier alpha value is -0.870. The summed E-state index contributed by atoms with van der Waals surface area (Å²) in [6.45, 7) is 5.54. The van der Waals surface area contributed by atoms with Crippen LogP contribution in [0.1, 0.15) is 31.1 Å². The molecule has 1 aromatic carbocycles. The van der Waals surface area contributed by atoms with E-state index in [4.69, 9.17) is 5.11 Å². The van der Waals surface area contributed by atoms with Crippen LogP contribution in [0.3, 0.4) is 0 Å². The molecule has 0 spiro atoms. The second-order valence-electron chi connectivity index (χ2n) is 4.56. The average molecular weight is 301 g/mol. The third kappa shape index (κ3) is 3.30. The van der Waals surface area contributed by atoms with Crippen LogP contribution in [-0.2, 0) is 4.79 Å². The van der Waals surface area contributed by atoms with Crippen LogP contribution in [0.2, 0.25) is 0 Å². The van der Waals surface area contributed by atoms with Gasteiger partial charge in [-0.05, 0) is 30.0 Å². The minimum Gasteiger partial charge on any atom is -0.481 e. The number of carboxylic acid groups (broad SMARTS) is 1. The fourth-order valence-electron chi connectivity index (χ4n) is 1.79. The Morgan fingerprint density at radius 3 is 2.35 bits per heavy atom. The molecule has 0 heterocycles. The van der Waals surface area contributed by atoms with Crippen molar-refractivity contribution in [2.75, 3.05) is 0 Å².